The lowest BCUT2D eigenvalue weighted by Crippen LogP contribution is -2.39. The zero-order valence-corrected chi connectivity index (χ0v) is 18.9. The highest BCUT2D eigenvalue weighted by atomic mass is 16.2. The molecule has 2 rings (SSSR count). The number of benzene rings is 2. The third-order valence-electron chi connectivity index (χ3n) is 4.98. The molecule has 0 unspecified atom stereocenters. The van der Waals surface area contributed by atoms with Gasteiger partial charge in [0.25, 0.3) is 0 Å². The molecular weight excluding hydrogens is 374 g/mol. The van der Waals surface area contributed by atoms with Gasteiger partial charge in [0.15, 0.2) is 0 Å². The molecule has 30 heavy (non-hydrogen) atoms. The van der Waals surface area contributed by atoms with Gasteiger partial charge in [-0.15, -0.1) is 0 Å². The molecule has 0 fully saturated rings. The fraction of sp³-hybridized carbons (Fsp3) is 0.360. The number of para-hydroxylation sites is 2. The second-order valence-corrected chi connectivity index (χ2v) is 8.08. The monoisotopic (exact) mass is 407 g/mol. The van der Waals surface area contributed by atoms with E-state index in [4.69, 9.17) is 0 Å². The van der Waals surface area contributed by atoms with Crippen molar-refractivity contribution in [2.45, 2.75) is 41.5 Å². The van der Waals surface area contributed by atoms with Crippen molar-refractivity contribution in [3.8, 4) is 0 Å². The van der Waals surface area contributed by atoms with E-state index >= 15 is 0 Å². The largest absolute Gasteiger partial charge is 0.324 e. The number of anilines is 2. The second-order valence-electron chi connectivity index (χ2n) is 8.08. The Balaban J connectivity index is 2.08. The van der Waals surface area contributed by atoms with Gasteiger partial charge < -0.3 is 10.6 Å². The van der Waals surface area contributed by atoms with Crippen molar-refractivity contribution in [3.63, 3.8) is 0 Å². The van der Waals surface area contributed by atoms with Crippen LogP contribution in [0.5, 0.6) is 0 Å². The van der Waals surface area contributed by atoms with Crippen LogP contribution >= 0.6 is 0 Å². The number of carbonyl (C=O) groups is 2. The zero-order valence-electron chi connectivity index (χ0n) is 18.9. The Hall–Kier alpha value is -2.92. The van der Waals surface area contributed by atoms with Crippen LogP contribution in [0.3, 0.4) is 0 Å². The third kappa shape index (κ3) is 6.85. The third-order valence-corrected chi connectivity index (χ3v) is 4.98. The molecule has 2 aromatic rings. The van der Waals surface area contributed by atoms with Crippen molar-refractivity contribution in [1.29, 1.82) is 0 Å². The summed E-state index contributed by atoms with van der Waals surface area (Å²) in [6.45, 7) is 12.7. The first-order chi connectivity index (χ1) is 14.2. The Morgan fingerprint density at radius 3 is 1.47 bits per heavy atom. The zero-order chi connectivity index (χ0) is 22.3. The van der Waals surface area contributed by atoms with Crippen molar-refractivity contribution in [2.75, 3.05) is 30.3 Å². The van der Waals surface area contributed by atoms with Crippen LogP contribution in [-0.2, 0) is 9.59 Å². The number of nitrogens with zero attached hydrogens (tertiary/aromatic N) is 1. The van der Waals surface area contributed by atoms with Gasteiger partial charge in [-0.1, -0.05) is 48.0 Å². The van der Waals surface area contributed by atoms with Gasteiger partial charge in [-0.25, -0.2) is 0 Å². The highest BCUT2D eigenvalue weighted by Crippen LogP contribution is 2.20. The first-order valence-corrected chi connectivity index (χ1v) is 10.2. The minimum atomic E-state index is -0.130. The van der Waals surface area contributed by atoms with Crippen molar-refractivity contribution in [2.24, 2.45) is 0 Å². The Morgan fingerprint density at radius 1 is 0.767 bits per heavy atom. The van der Waals surface area contributed by atoms with Crippen LogP contribution in [0.15, 0.2) is 48.0 Å². The average molecular weight is 408 g/mol. The van der Waals surface area contributed by atoms with Gasteiger partial charge in [0.2, 0.25) is 11.8 Å². The topological polar surface area (TPSA) is 61.4 Å². The quantitative estimate of drug-likeness (QED) is 0.620. The molecule has 5 heteroatoms. The fourth-order valence-corrected chi connectivity index (χ4v) is 3.28. The maximum Gasteiger partial charge on any atom is 0.238 e. The van der Waals surface area contributed by atoms with Gasteiger partial charge in [-0.2, -0.15) is 0 Å². The van der Waals surface area contributed by atoms with E-state index in [9.17, 15) is 9.59 Å². The molecule has 2 N–H and O–H groups in total. The van der Waals surface area contributed by atoms with E-state index in [2.05, 4.69) is 10.6 Å². The molecule has 0 aliphatic heterocycles. The van der Waals surface area contributed by atoms with Gasteiger partial charge in [0.1, 0.15) is 0 Å². The molecule has 160 valence electrons. The molecule has 0 atom stereocenters. The summed E-state index contributed by atoms with van der Waals surface area (Å²) in [7, 11) is 0. The average Bonchev–Trinajstić information content (AvgIpc) is 2.66. The molecule has 2 amide bonds. The van der Waals surface area contributed by atoms with Gasteiger partial charge >= 0.3 is 0 Å². The van der Waals surface area contributed by atoms with E-state index in [1.54, 1.807) is 0 Å². The number of hydrogen-bond acceptors (Lipinski definition) is 3. The summed E-state index contributed by atoms with van der Waals surface area (Å²) < 4.78 is 0. The standard InChI is InChI=1S/C25H33N3O2/c1-17(2)13-14-28(15-22(29)26-24-18(3)9-7-10-19(24)4)16-23(30)27-25-20(5)11-8-12-21(25)6/h7-13H,14-16H2,1-6H3,(H,26,29)(H,27,30). The summed E-state index contributed by atoms with van der Waals surface area (Å²) in [6.07, 6.45) is 2.03. The predicted octanol–water partition coefficient (Wildman–Crippen LogP) is 4.77. The summed E-state index contributed by atoms with van der Waals surface area (Å²) >= 11 is 0. The molecule has 0 bridgehead atoms. The number of nitrogens with one attached hydrogen (secondary N) is 2. The van der Waals surface area contributed by atoms with E-state index in [-0.39, 0.29) is 24.9 Å². The Labute approximate surface area is 180 Å². The predicted molar refractivity (Wildman–Crippen MR) is 125 cm³/mol. The number of hydrogen-bond donors (Lipinski definition) is 2. The number of aryl methyl sites for hydroxylation is 4. The van der Waals surface area contributed by atoms with E-state index in [1.807, 2.05) is 88.9 Å². The number of allylic oxidation sites excluding steroid dienone is 1. The molecule has 0 spiro atoms. The van der Waals surface area contributed by atoms with Crippen LogP contribution in [0.4, 0.5) is 11.4 Å². The minimum Gasteiger partial charge on any atom is -0.324 e. The summed E-state index contributed by atoms with van der Waals surface area (Å²) in [4.78, 5) is 27.3. The molecular formula is C25H33N3O2. The normalized spacial score (nSPS) is 10.6. The van der Waals surface area contributed by atoms with Crippen LogP contribution in [0.2, 0.25) is 0 Å². The van der Waals surface area contributed by atoms with Crippen LogP contribution < -0.4 is 10.6 Å². The van der Waals surface area contributed by atoms with Crippen LogP contribution in [0.1, 0.15) is 36.1 Å². The summed E-state index contributed by atoms with van der Waals surface area (Å²) in [5, 5.41) is 6.01. The Kier molecular flexibility index (Phi) is 8.36. The molecule has 5 nitrogen and oxygen atoms in total. The smallest absolute Gasteiger partial charge is 0.238 e. The van der Waals surface area contributed by atoms with Gasteiger partial charge in [0.05, 0.1) is 13.1 Å². The molecule has 0 aromatic heterocycles. The molecule has 0 aliphatic rings. The van der Waals surface area contributed by atoms with Crippen molar-refractivity contribution in [3.05, 3.63) is 70.3 Å². The summed E-state index contributed by atoms with van der Waals surface area (Å²) in [5.74, 6) is -0.260. The Morgan fingerprint density at radius 2 is 1.13 bits per heavy atom. The van der Waals surface area contributed by atoms with E-state index < -0.39 is 0 Å². The maximum atomic E-state index is 12.7. The molecule has 0 saturated carbocycles. The lowest BCUT2D eigenvalue weighted by molar-refractivity contribution is -0.119. The van der Waals surface area contributed by atoms with Crippen molar-refractivity contribution < 1.29 is 9.59 Å². The first kappa shape index (κ1) is 23.4. The maximum absolute atomic E-state index is 12.7. The SMILES string of the molecule is CC(C)=CCN(CC(=O)Nc1c(C)cccc1C)CC(=O)Nc1c(C)cccc1C. The minimum absolute atomic E-state index is 0.130. The molecule has 0 radical (unpaired) electrons. The van der Waals surface area contributed by atoms with Gasteiger partial charge in [-0.05, 0) is 63.8 Å². The molecule has 0 heterocycles. The van der Waals surface area contributed by atoms with Gasteiger partial charge in [-0.3, -0.25) is 14.5 Å². The highest BCUT2D eigenvalue weighted by Gasteiger charge is 2.16. The summed E-state index contributed by atoms with van der Waals surface area (Å²) in [6, 6.07) is 11.8. The van der Waals surface area contributed by atoms with Gasteiger partial charge in [0, 0.05) is 17.9 Å². The van der Waals surface area contributed by atoms with E-state index in [0.717, 1.165) is 39.2 Å². The number of rotatable bonds is 8. The number of carbonyl (C=O) groups excluding carboxylic acids is 2. The van der Waals surface area contributed by atoms with E-state index in [1.165, 1.54) is 0 Å². The first-order valence-electron chi connectivity index (χ1n) is 10.2. The summed E-state index contributed by atoms with van der Waals surface area (Å²) in [5.41, 5.74) is 6.90. The van der Waals surface area contributed by atoms with Crippen LogP contribution in [0, 0.1) is 27.7 Å². The fourth-order valence-electron chi connectivity index (χ4n) is 3.28. The lowest BCUT2D eigenvalue weighted by Gasteiger charge is -2.21. The molecule has 2 aromatic carbocycles. The lowest BCUT2D eigenvalue weighted by atomic mass is 10.1. The number of amides is 2. The highest BCUT2D eigenvalue weighted by molar-refractivity contribution is 5.96. The Bertz CT molecular complexity index is 835. The van der Waals surface area contributed by atoms with Crippen molar-refractivity contribution >= 4 is 23.2 Å². The van der Waals surface area contributed by atoms with Crippen LogP contribution in [-0.4, -0.2) is 36.3 Å². The molecule has 0 saturated heterocycles. The molecule has 0 aliphatic carbocycles. The van der Waals surface area contributed by atoms with E-state index in [0.29, 0.717) is 6.54 Å². The van der Waals surface area contributed by atoms with Crippen LogP contribution in [0.25, 0.3) is 0 Å². The second kappa shape index (κ2) is 10.7. The van der Waals surface area contributed by atoms with Crippen molar-refractivity contribution in [1.82, 2.24) is 4.90 Å².